The van der Waals surface area contributed by atoms with Crippen molar-refractivity contribution in [1.82, 2.24) is 10.2 Å². The minimum absolute atomic E-state index is 0.278. The quantitative estimate of drug-likeness (QED) is 0.888. The lowest BCUT2D eigenvalue weighted by Crippen LogP contribution is -2.11. The van der Waals surface area contributed by atoms with E-state index in [1.165, 1.54) is 0 Å². The summed E-state index contributed by atoms with van der Waals surface area (Å²) in [4.78, 5) is 10.8. The molecular formula is C14H15N3O. The van der Waals surface area contributed by atoms with Crippen LogP contribution < -0.4 is 5.73 Å². The molecule has 4 nitrogen and oxygen atoms in total. The van der Waals surface area contributed by atoms with Crippen LogP contribution in [0.25, 0.3) is 11.3 Å². The van der Waals surface area contributed by atoms with Crippen molar-refractivity contribution in [2.75, 3.05) is 0 Å². The van der Waals surface area contributed by atoms with Gasteiger partial charge in [-0.2, -0.15) is 10.2 Å². The van der Waals surface area contributed by atoms with Gasteiger partial charge in [-0.15, -0.1) is 0 Å². The molecule has 0 saturated carbocycles. The van der Waals surface area contributed by atoms with Gasteiger partial charge in [0.1, 0.15) is 0 Å². The summed E-state index contributed by atoms with van der Waals surface area (Å²) in [5.41, 5.74) is 9.30. The van der Waals surface area contributed by atoms with Gasteiger partial charge in [0.15, 0.2) is 0 Å². The number of primary amides is 1. The Balaban J connectivity index is 2.29. The fourth-order valence-corrected chi connectivity index (χ4v) is 1.81. The summed E-state index contributed by atoms with van der Waals surface area (Å²) in [7, 11) is 0. The average molecular weight is 241 g/mol. The van der Waals surface area contributed by atoms with Crippen molar-refractivity contribution >= 4 is 5.91 Å². The molecule has 0 atom stereocenters. The Kier molecular flexibility index (Phi) is 3.67. The molecule has 1 aromatic heterocycles. The Hall–Kier alpha value is -2.23. The highest BCUT2D eigenvalue weighted by molar-refractivity contribution is 5.74. The maximum atomic E-state index is 10.8. The molecule has 0 radical (unpaired) electrons. The number of nitrogens with two attached hydrogens (primary N) is 1. The predicted octanol–water partition coefficient (Wildman–Crippen LogP) is 1.87. The first kappa shape index (κ1) is 12.2. The van der Waals surface area contributed by atoms with Gasteiger partial charge < -0.3 is 5.73 Å². The van der Waals surface area contributed by atoms with Gasteiger partial charge in [0.05, 0.1) is 5.69 Å². The zero-order valence-electron chi connectivity index (χ0n) is 10.3. The maximum absolute atomic E-state index is 10.8. The Morgan fingerprint density at radius 1 is 1.33 bits per heavy atom. The molecule has 1 heterocycles. The van der Waals surface area contributed by atoms with Crippen molar-refractivity contribution in [3.05, 3.63) is 47.7 Å². The zero-order chi connectivity index (χ0) is 13.0. The van der Waals surface area contributed by atoms with Crippen LogP contribution in [-0.4, -0.2) is 16.1 Å². The number of hydrogen-bond donors (Lipinski definition) is 1. The van der Waals surface area contributed by atoms with Gasteiger partial charge in [-0.05, 0) is 42.7 Å². The van der Waals surface area contributed by atoms with Crippen molar-refractivity contribution in [2.45, 2.75) is 19.8 Å². The summed E-state index contributed by atoms with van der Waals surface area (Å²) in [5, 5.41) is 7.94. The van der Waals surface area contributed by atoms with Crippen LogP contribution in [0.2, 0.25) is 0 Å². The number of carbonyl (C=O) groups excluding carboxylic acids is 1. The number of rotatable bonds is 4. The van der Waals surface area contributed by atoms with E-state index in [9.17, 15) is 4.79 Å². The summed E-state index contributed by atoms with van der Waals surface area (Å²) in [6.07, 6.45) is 2.67. The fourth-order valence-electron chi connectivity index (χ4n) is 1.81. The number of nitrogens with zero attached hydrogens (tertiary/aromatic N) is 2. The second kappa shape index (κ2) is 5.40. The van der Waals surface area contributed by atoms with Gasteiger partial charge in [0, 0.05) is 18.2 Å². The highest BCUT2D eigenvalue weighted by Crippen LogP contribution is 2.20. The van der Waals surface area contributed by atoms with Crippen molar-refractivity contribution < 1.29 is 4.79 Å². The number of benzene rings is 1. The Morgan fingerprint density at radius 2 is 2.17 bits per heavy atom. The standard InChI is InChI=1S/C14H15N3O/c1-10-4-5-12(13-3-2-8-16-17-13)9-11(10)6-7-14(15)18/h2-5,8-9H,6-7H2,1H3,(H2,15,18). The van der Waals surface area contributed by atoms with Crippen molar-refractivity contribution in [3.8, 4) is 11.3 Å². The van der Waals surface area contributed by atoms with Crippen LogP contribution in [0.15, 0.2) is 36.5 Å². The van der Waals surface area contributed by atoms with E-state index in [-0.39, 0.29) is 5.91 Å². The SMILES string of the molecule is Cc1ccc(-c2cccnn2)cc1CCC(N)=O. The number of aromatic nitrogens is 2. The summed E-state index contributed by atoms with van der Waals surface area (Å²) in [6, 6.07) is 9.84. The van der Waals surface area contributed by atoms with Crippen LogP contribution in [0.3, 0.4) is 0 Å². The first-order chi connectivity index (χ1) is 8.66. The number of amides is 1. The van der Waals surface area contributed by atoms with Gasteiger partial charge in [-0.25, -0.2) is 0 Å². The van der Waals surface area contributed by atoms with Crippen LogP contribution in [0.1, 0.15) is 17.5 Å². The van der Waals surface area contributed by atoms with E-state index in [2.05, 4.69) is 10.2 Å². The summed E-state index contributed by atoms with van der Waals surface area (Å²) < 4.78 is 0. The van der Waals surface area contributed by atoms with E-state index in [0.717, 1.165) is 22.4 Å². The van der Waals surface area contributed by atoms with Crippen molar-refractivity contribution in [3.63, 3.8) is 0 Å². The molecule has 2 aromatic rings. The number of carbonyl (C=O) groups is 1. The van der Waals surface area contributed by atoms with Gasteiger partial charge in [-0.3, -0.25) is 4.79 Å². The third kappa shape index (κ3) is 2.91. The normalized spacial score (nSPS) is 10.3. The van der Waals surface area contributed by atoms with Gasteiger partial charge in [-0.1, -0.05) is 12.1 Å². The first-order valence-electron chi connectivity index (χ1n) is 5.83. The van der Waals surface area contributed by atoms with Crippen LogP contribution >= 0.6 is 0 Å². The zero-order valence-corrected chi connectivity index (χ0v) is 10.3. The van der Waals surface area contributed by atoms with E-state index in [4.69, 9.17) is 5.73 Å². The van der Waals surface area contributed by atoms with Crippen molar-refractivity contribution in [1.29, 1.82) is 0 Å². The molecule has 0 saturated heterocycles. The monoisotopic (exact) mass is 241 g/mol. The molecule has 18 heavy (non-hydrogen) atoms. The Labute approximate surface area is 106 Å². The van der Waals surface area contributed by atoms with Gasteiger partial charge >= 0.3 is 0 Å². The van der Waals surface area contributed by atoms with Crippen LogP contribution in [0.4, 0.5) is 0 Å². The molecule has 2 rings (SSSR count). The fraction of sp³-hybridized carbons (Fsp3) is 0.214. The molecule has 0 aliphatic carbocycles. The Bertz CT molecular complexity index is 552. The lowest BCUT2D eigenvalue weighted by Gasteiger charge is -2.07. The molecule has 2 N–H and O–H groups in total. The first-order valence-corrected chi connectivity index (χ1v) is 5.83. The van der Waals surface area contributed by atoms with Gasteiger partial charge in [0.2, 0.25) is 5.91 Å². The Morgan fingerprint density at radius 3 is 2.83 bits per heavy atom. The average Bonchev–Trinajstić information content (AvgIpc) is 2.38. The third-order valence-electron chi connectivity index (χ3n) is 2.86. The van der Waals surface area contributed by atoms with E-state index in [0.29, 0.717) is 12.8 Å². The maximum Gasteiger partial charge on any atom is 0.217 e. The molecule has 0 aliphatic heterocycles. The van der Waals surface area contributed by atoms with Crippen LogP contribution in [0, 0.1) is 6.92 Å². The highest BCUT2D eigenvalue weighted by Gasteiger charge is 2.05. The minimum atomic E-state index is -0.278. The largest absolute Gasteiger partial charge is 0.370 e. The van der Waals surface area contributed by atoms with E-state index < -0.39 is 0 Å². The summed E-state index contributed by atoms with van der Waals surface area (Å²) in [5.74, 6) is -0.278. The van der Waals surface area contributed by atoms with Gasteiger partial charge in [0.25, 0.3) is 0 Å². The van der Waals surface area contributed by atoms with E-state index in [1.54, 1.807) is 6.20 Å². The molecule has 1 aromatic carbocycles. The van der Waals surface area contributed by atoms with Crippen LogP contribution in [-0.2, 0) is 11.2 Å². The third-order valence-corrected chi connectivity index (χ3v) is 2.86. The van der Waals surface area contributed by atoms with Crippen molar-refractivity contribution in [2.24, 2.45) is 5.73 Å². The molecule has 0 bridgehead atoms. The molecular weight excluding hydrogens is 226 g/mol. The number of aryl methyl sites for hydroxylation is 2. The van der Waals surface area contributed by atoms with E-state index in [1.807, 2.05) is 37.3 Å². The molecule has 1 amide bonds. The number of hydrogen-bond acceptors (Lipinski definition) is 3. The summed E-state index contributed by atoms with van der Waals surface area (Å²) >= 11 is 0. The topological polar surface area (TPSA) is 68.9 Å². The smallest absolute Gasteiger partial charge is 0.217 e. The molecule has 92 valence electrons. The predicted molar refractivity (Wildman–Crippen MR) is 69.7 cm³/mol. The molecule has 0 aliphatic rings. The lowest BCUT2D eigenvalue weighted by molar-refractivity contribution is -0.117. The lowest BCUT2D eigenvalue weighted by atomic mass is 9.99. The second-order valence-corrected chi connectivity index (χ2v) is 4.22. The van der Waals surface area contributed by atoms with E-state index >= 15 is 0 Å². The van der Waals surface area contributed by atoms with Crippen LogP contribution in [0.5, 0.6) is 0 Å². The second-order valence-electron chi connectivity index (χ2n) is 4.22. The molecule has 4 heteroatoms. The molecule has 0 fully saturated rings. The molecule has 0 unspecified atom stereocenters. The molecule has 0 spiro atoms. The summed E-state index contributed by atoms with van der Waals surface area (Å²) in [6.45, 7) is 2.02. The minimum Gasteiger partial charge on any atom is -0.370 e. The highest BCUT2D eigenvalue weighted by atomic mass is 16.1.